The topological polar surface area (TPSA) is 49.4 Å². The lowest BCUT2D eigenvalue weighted by Gasteiger charge is -2.29. The van der Waals surface area contributed by atoms with Gasteiger partial charge in [0, 0.05) is 17.5 Å². The molecule has 0 heterocycles. The van der Waals surface area contributed by atoms with E-state index < -0.39 is 6.04 Å². The minimum absolute atomic E-state index is 0.0362. The average molecular weight is 385 g/mol. The molecule has 0 aliphatic rings. The standard InChI is InChI=1S/C22H28N2O2S/c1-16(2)23-22(26)18(4)24(14-19-11-9-8-10-17(19)3)21(25)15-27-20-12-6-5-7-13-20/h5-13,16,18H,14-15H2,1-4H3,(H,23,26)/t18-/m0/s1. The SMILES string of the molecule is Cc1ccccc1CN(C(=O)CSc1ccccc1)[C@@H](C)C(=O)NC(C)C. The quantitative estimate of drug-likeness (QED) is 0.699. The van der Waals surface area contributed by atoms with Crippen molar-refractivity contribution in [1.29, 1.82) is 0 Å². The molecule has 144 valence electrons. The van der Waals surface area contributed by atoms with Gasteiger partial charge in [-0.3, -0.25) is 9.59 Å². The summed E-state index contributed by atoms with van der Waals surface area (Å²) in [6, 6.07) is 17.3. The van der Waals surface area contributed by atoms with E-state index in [-0.39, 0.29) is 17.9 Å². The summed E-state index contributed by atoms with van der Waals surface area (Å²) in [6.45, 7) is 8.08. The molecule has 2 aromatic rings. The van der Waals surface area contributed by atoms with E-state index in [1.807, 2.05) is 75.4 Å². The molecule has 5 heteroatoms. The number of nitrogens with zero attached hydrogens (tertiary/aromatic N) is 1. The second-order valence-electron chi connectivity index (χ2n) is 6.89. The Hall–Kier alpha value is -2.27. The second-order valence-corrected chi connectivity index (χ2v) is 7.94. The average Bonchev–Trinajstić information content (AvgIpc) is 2.65. The highest BCUT2D eigenvalue weighted by Gasteiger charge is 2.26. The summed E-state index contributed by atoms with van der Waals surface area (Å²) in [7, 11) is 0. The van der Waals surface area contributed by atoms with Crippen LogP contribution in [0.1, 0.15) is 31.9 Å². The van der Waals surface area contributed by atoms with Crippen molar-refractivity contribution >= 4 is 23.6 Å². The van der Waals surface area contributed by atoms with Gasteiger partial charge in [0.05, 0.1) is 5.75 Å². The Morgan fingerprint density at radius 1 is 1.00 bits per heavy atom. The second kappa shape index (κ2) is 10.2. The van der Waals surface area contributed by atoms with Crippen LogP contribution < -0.4 is 5.32 Å². The molecule has 2 amide bonds. The van der Waals surface area contributed by atoms with E-state index in [1.54, 1.807) is 11.8 Å². The predicted molar refractivity (Wildman–Crippen MR) is 112 cm³/mol. The highest BCUT2D eigenvalue weighted by molar-refractivity contribution is 8.00. The maximum Gasteiger partial charge on any atom is 0.242 e. The summed E-state index contributed by atoms with van der Waals surface area (Å²) in [5.74, 6) is 0.130. The van der Waals surface area contributed by atoms with E-state index in [9.17, 15) is 9.59 Å². The van der Waals surface area contributed by atoms with E-state index in [2.05, 4.69) is 5.32 Å². The van der Waals surface area contributed by atoms with Gasteiger partial charge in [-0.05, 0) is 51.0 Å². The Labute approximate surface area is 166 Å². The van der Waals surface area contributed by atoms with Gasteiger partial charge in [0.25, 0.3) is 0 Å². The molecular weight excluding hydrogens is 356 g/mol. The number of carbonyl (C=O) groups is 2. The van der Waals surface area contributed by atoms with Gasteiger partial charge in [0.2, 0.25) is 11.8 Å². The summed E-state index contributed by atoms with van der Waals surface area (Å²) in [6.07, 6.45) is 0. The summed E-state index contributed by atoms with van der Waals surface area (Å²) in [4.78, 5) is 28.2. The van der Waals surface area contributed by atoms with Crippen LogP contribution in [0.3, 0.4) is 0 Å². The predicted octanol–water partition coefficient (Wildman–Crippen LogP) is 4.03. The monoisotopic (exact) mass is 384 g/mol. The van der Waals surface area contributed by atoms with E-state index >= 15 is 0 Å². The molecule has 0 spiro atoms. The summed E-state index contributed by atoms with van der Waals surface area (Å²) < 4.78 is 0. The van der Waals surface area contributed by atoms with Crippen molar-refractivity contribution < 1.29 is 9.59 Å². The van der Waals surface area contributed by atoms with Crippen LogP contribution in [0.15, 0.2) is 59.5 Å². The van der Waals surface area contributed by atoms with Crippen LogP contribution in [0.25, 0.3) is 0 Å². The van der Waals surface area contributed by atoms with Crippen molar-refractivity contribution in [1.82, 2.24) is 10.2 Å². The number of thioether (sulfide) groups is 1. The van der Waals surface area contributed by atoms with E-state index in [4.69, 9.17) is 0 Å². The summed E-state index contributed by atoms with van der Waals surface area (Å²) >= 11 is 1.49. The number of benzene rings is 2. The van der Waals surface area contributed by atoms with Crippen LogP contribution in [0.2, 0.25) is 0 Å². The minimum Gasteiger partial charge on any atom is -0.352 e. The smallest absolute Gasteiger partial charge is 0.242 e. The molecule has 0 fully saturated rings. The summed E-state index contributed by atoms with van der Waals surface area (Å²) in [5.41, 5.74) is 2.17. The van der Waals surface area contributed by atoms with Crippen LogP contribution in [-0.4, -0.2) is 34.6 Å². The molecule has 0 aliphatic carbocycles. The van der Waals surface area contributed by atoms with Crippen molar-refractivity contribution in [2.45, 2.75) is 51.2 Å². The lowest BCUT2D eigenvalue weighted by atomic mass is 10.1. The van der Waals surface area contributed by atoms with Crippen LogP contribution in [0.5, 0.6) is 0 Å². The van der Waals surface area contributed by atoms with Crippen molar-refractivity contribution in [2.24, 2.45) is 0 Å². The van der Waals surface area contributed by atoms with Gasteiger partial charge in [-0.15, -0.1) is 11.8 Å². The van der Waals surface area contributed by atoms with E-state index in [0.717, 1.165) is 16.0 Å². The van der Waals surface area contributed by atoms with Crippen molar-refractivity contribution in [2.75, 3.05) is 5.75 Å². The fourth-order valence-electron chi connectivity index (χ4n) is 2.70. The third-order valence-corrected chi connectivity index (χ3v) is 5.30. The molecule has 0 unspecified atom stereocenters. The molecule has 0 aromatic heterocycles. The van der Waals surface area contributed by atoms with Crippen molar-refractivity contribution in [3.8, 4) is 0 Å². The first-order chi connectivity index (χ1) is 12.9. The van der Waals surface area contributed by atoms with Gasteiger partial charge in [-0.1, -0.05) is 42.5 Å². The number of rotatable bonds is 8. The fraction of sp³-hybridized carbons (Fsp3) is 0.364. The Balaban J connectivity index is 2.15. The third-order valence-electron chi connectivity index (χ3n) is 4.31. The molecule has 1 atom stereocenters. The van der Waals surface area contributed by atoms with Crippen molar-refractivity contribution in [3.63, 3.8) is 0 Å². The van der Waals surface area contributed by atoms with Gasteiger partial charge in [0.15, 0.2) is 0 Å². The van der Waals surface area contributed by atoms with E-state index in [1.165, 1.54) is 11.8 Å². The normalized spacial score (nSPS) is 11.9. The lowest BCUT2D eigenvalue weighted by Crippen LogP contribution is -2.49. The molecule has 2 aromatic carbocycles. The van der Waals surface area contributed by atoms with Crippen LogP contribution in [0, 0.1) is 6.92 Å². The molecule has 0 bridgehead atoms. The highest BCUT2D eigenvalue weighted by Crippen LogP contribution is 2.20. The zero-order chi connectivity index (χ0) is 19.8. The highest BCUT2D eigenvalue weighted by atomic mass is 32.2. The number of carbonyl (C=O) groups excluding carboxylic acids is 2. The third kappa shape index (κ3) is 6.43. The first-order valence-corrected chi connectivity index (χ1v) is 10.2. The zero-order valence-electron chi connectivity index (χ0n) is 16.4. The van der Waals surface area contributed by atoms with Gasteiger partial charge in [0.1, 0.15) is 6.04 Å². The molecule has 0 saturated heterocycles. The molecule has 0 radical (unpaired) electrons. The van der Waals surface area contributed by atoms with Crippen LogP contribution in [0.4, 0.5) is 0 Å². The number of amides is 2. The van der Waals surface area contributed by atoms with Crippen LogP contribution >= 0.6 is 11.8 Å². The molecule has 1 N–H and O–H groups in total. The number of aryl methyl sites for hydroxylation is 1. The first-order valence-electron chi connectivity index (χ1n) is 9.20. The van der Waals surface area contributed by atoms with Gasteiger partial charge in [-0.25, -0.2) is 0 Å². The fourth-order valence-corrected chi connectivity index (χ4v) is 3.51. The maximum absolute atomic E-state index is 13.0. The Morgan fingerprint density at radius 3 is 2.26 bits per heavy atom. The molecule has 2 rings (SSSR count). The Morgan fingerprint density at radius 2 is 1.63 bits per heavy atom. The summed E-state index contributed by atoms with van der Waals surface area (Å²) in [5, 5.41) is 2.91. The molecule has 27 heavy (non-hydrogen) atoms. The van der Waals surface area contributed by atoms with E-state index in [0.29, 0.717) is 12.3 Å². The van der Waals surface area contributed by atoms with Gasteiger partial charge < -0.3 is 10.2 Å². The van der Waals surface area contributed by atoms with Gasteiger partial charge >= 0.3 is 0 Å². The Bertz CT molecular complexity index is 762. The molecule has 4 nitrogen and oxygen atoms in total. The molecular formula is C22H28N2O2S. The lowest BCUT2D eigenvalue weighted by molar-refractivity contribution is -0.138. The Kier molecular flexibility index (Phi) is 7.92. The maximum atomic E-state index is 13.0. The number of hydrogen-bond acceptors (Lipinski definition) is 3. The van der Waals surface area contributed by atoms with Crippen molar-refractivity contribution in [3.05, 3.63) is 65.7 Å². The largest absolute Gasteiger partial charge is 0.352 e. The molecule has 0 aliphatic heterocycles. The first kappa shape index (κ1) is 21.0. The molecule has 0 saturated carbocycles. The minimum atomic E-state index is -0.532. The number of nitrogens with one attached hydrogen (secondary N) is 1. The van der Waals surface area contributed by atoms with Crippen LogP contribution in [-0.2, 0) is 16.1 Å². The van der Waals surface area contributed by atoms with Gasteiger partial charge in [-0.2, -0.15) is 0 Å². The zero-order valence-corrected chi connectivity index (χ0v) is 17.3. The number of hydrogen-bond donors (Lipinski definition) is 1.